The maximum absolute atomic E-state index is 9.51. The summed E-state index contributed by atoms with van der Waals surface area (Å²) in [6, 6.07) is 36.7. The minimum atomic E-state index is -0.420. The predicted octanol–water partition coefficient (Wildman–Crippen LogP) is 8.24. The monoisotopic (exact) mass is 584 g/mol. The normalized spacial score (nSPS) is 12.3. The van der Waals surface area contributed by atoms with Crippen LogP contribution in [0.15, 0.2) is 106 Å². The van der Waals surface area contributed by atoms with Gasteiger partial charge in [-0.05, 0) is 57.6 Å². The van der Waals surface area contributed by atoms with Gasteiger partial charge in [-0.3, -0.25) is 0 Å². The lowest BCUT2D eigenvalue weighted by molar-refractivity contribution is 0.0300. The van der Waals surface area contributed by atoms with Crippen LogP contribution in [0.25, 0.3) is 0 Å². The maximum Gasteiger partial charge on any atom is 0.109 e. The van der Waals surface area contributed by atoms with Crippen LogP contribution in [-0.4, -0.2) is 0 Å². The first-order valence-corrected chi connectivity index (χ1v) is 12.7. The lowest BCUT2D eigenvalue weighted by Crippen LogP contribution is -2.16. The Labute approximate surface area is 222 Å². The first kappa shape index (κ1) is 24.9. The van der Waals surface area contributed by atoms with Crippen molar-refractivity contribution in [2.75, 3.05) is 0 Å². The van der Waals surface area contributed by atoms with E-state index in [1.54, 1.807) is 0 Å². The van der Waals surface area contributed by atoms with Crippen LogP contribution in [0.2, 0.25) is 0 Å². The van der Waals surface area contributed by atoms with Crippen LogP contribution in [0.5, 0.6) is 0 Å². The number of hydrogen-bond donors (Lipinski definition) is 0. The average molecular weight is 586 g/mol. The minimum Gasteiger partial charge on any atom is -0.356 e. The Kier molecular flexibility index (Phi) is 8.50. The van der Waals surface area contributed by atoms with Gasteiger partial charge in [0.2, 0.25) is 0 Å². The molecule has 0 spiro atoms. The predicted molar refractivity (Wildman–Crippen MR) is 145 cm³/mol. The third-order valence-electron chi connectivity index (χ3n) is 5.79. The Hall–Kier alpha value is -3.22. The van der Waals surface area contributed by atoms with Gasteiger partial charge >= 0.3 is 0 Å². The fourth-order valence-electron chi connectivity index (χ4n) is 4.19. The molecule has 0 aliphatic rings. The van der Waals surface area contributed by atoms with Gasteiger partial charge < -0.3 is 4.74 Å². The Morgan fingerprint density at radius 1 is 0.600 bits per heavy atom. The van der Waals surface area contributed by atoms with Crippen molar-refractivity contribution in [2.45, 2.75) is 25.0 Å². The number of benzene rings is 4. The number of halogens is 2. The molecule has 0 aliphatic carbocycles. The molecule has 2 atom stereocenters. The molecule has 5 heteroatoms. The molecule has 35 heavy (non-hydrogen) atoms. The van der Waals surface area contributed by atoms with E-state index < -0.39 is 12.2 Å². The second-order valence-electron chi connectivity index (χ2n) is 8.07. The van der Waals surface area contributed by atoms with Crippen molar-refractivity contribution in [1.29, 1.82) is 10.5 Å². The molecule has 0 amide bonds. The molecule has 0 aromatic heterocycles. The molecule has 4 aromatic rings. The smallest absolute Gasteiger partial charge is 0.109 e. The van der Waals surface area contributed by atoms with Crippen molar-refractivity contribution in [3.05, 3.63) is 139 Å². The zero-order chi connectivity index (χ0) is 24.6. The van der Waals surface area contributed by atoms with E-state index in [9.17, 15) is 10.5 Å². The summed E-state index contributed by atoms with van der Waals surface area (Å²) in [4.78, 5) is 0. The van der Waals surface area contributed by atoms with Crippen LogP contribution in [0, 0.1) is 22.7 Å². The fraction of sp³-hybridized carbons (Fsp3) is 0.133. The van der Waals surface area contributed by atoms with Gasteiger partial charge in [0, 0.05) is 8.95 Å². The van der Waals surface area contributed by atoms with Crippen LogP contribution >= 0.6 is 31.9 Å². The van der Waals surface area contributed by atoms with Gasteiger partial charge in [-0.1, -0.05) is 105 Å². The molecule has 0 radical (unpaired) electrons. The van der Waals surface area contributed by atoms with Crippen molar-refractivity contribution in [1.82, 2.24) is 0 Å². The molecule has 3 nitrogen and oxygen atoms in total. The highest BCUT2D eigenvalue weighted by atomic mass is 79.9. The molecule has 4 rings (SSSR count). The summed E-state index contributed by atoms with van der Waals surface area (Å²) in [6.45, 7) is 0. The fourth-order valence-corrected chi connectivity index (χ4v) is 5.01. The quantitative estimate of drug-likeness (QED) is 0.209. The molecule has 0 fully saturated rings. The van der Waals surface area contributed by atoms with E-state index in [1.165, 1.54) is 0 Å². The van der Waals surface area contributed by atoms with Gasteiger partial charge in [-0.15, -0.1) is 0 Å². The number of ether oxygens (including phenoxy) is 1. The Morgan fingerprint density at radius 2 is 1.00 bits per heavy atom. The largest absolute Gasteiger partial charge is 0.356 e. The van der Waals surface area contributed by atoms with Crippen LogP contribution in [0.3, 0.4) is 0 Å². The van der Waals surface area contributed by atoms with E-state index in [4.69, 9.17) is 4.74 Å². The van der Waals surface area contributed by atoms with Crippen molar-refractivity contribution >= 4 is 31.9 Å². The van der Waals surface area contributed by atoms with E-state index in [1.807, 2.05) is 97.1 Å². The highest BCUT2D eigenvalue weighted by Gasteiger charge is 2.26. The van der Waals surface area contributed by atoms with E-state index in [0.29, 0.717) is 0 Å². The third-order valence-corrected chi connectivity index (χ3v) is 6.78. The molecular weight excluding hydrogens is 564 g/mol. The van der Waals surface area contributed by atoms with Crippen molar-refractivity contribution in [3.8, 4) is 12.1 Å². The lowest BCUT2D eigenvalue weighted by Gasteiger charge is -2.29. The summed E-state index contributed by atoms with van der Waals surface area (Å²) in [5, 5.41) is 19.0. The molecule has 4 aromatic carbocycles. The highest BCUT2D eigenvalue weighted by Crippen LogP contribution is 2.39. The first-order valence-electron chi connectivity index (χ1n) is 11.2. The van der Waals surface area contributed by atoms with Gasteiger partial charge in [-0.25, -0.2) is 0 Å². The van der Waals surface area contributed by atoms with Gasteiger partial charge in [0.25, 0.3) is 0 Å². The molecular formula is C30H22Br2N2O. The number of nitrogens with zero attached hydrogens (tertiary/aromatic N) is 2. The Bertz CT molecular complexity index is 1270. The average Bonchev–Trinajstić information content (AvgIpc) is 2.88. The van der Waals surface area contributed by atoms with E-state index in [0.717, 1.165) is 42.3 Å². The van der Waals surface area contributed by atoms with Crippen LogP contribution in [0.4, 0.5) is 0 Å². The summed E-state index contributed by atoms with van der Waals surface area (Å²) in [5.74, 6) is 0. The molecule has 0 saturated carbocycles. The third kappa shape index (κ3) is 6.08. The molecule has 2 unspecified atom stereocenters. The molecule has 0 heterocycles. The van der Waals surface area contributed by atoms with Crippen molar-refractivity contribution < 1.29 is 4.74 Å². The van der Waals surface area contributed by atoms with Gasteiger partial charge in [0.1, 0.15) is 12.2 Å². The first-order chi connectivity index (χ1) is 17.1. The maximum atomic E-state index is 9.51. The molecule has 0 bridgehead atoms. The molecule has 172 valence electrons. The summed E-state index contributed by atoms with van der Waals surface area (Å²) >= 11 is 7.09. The highest BCUT2D eigenvalue weighted by molar-refractivity contribution is 9.10. The zero-order valence-electron chi connectivity index (χ0n) is 18.9. The van der Waals surface area contributed by atoms with Crippen molar-refractivity contribution in [3.63, 3.8) is 0 Å². The van der Waals surface area contributed by atoms with E-state index in [2.05, 4.69) is 44.0 Å². The lowest BCUT2D eigenvalue weighted by atomic mass is 9.92. The van der Waals surface area contributed by atoms with Crippen LogP contribution < -0.4 is 0 Å². The van der Waals surface area contributed by atoms with Crippen LogP contribution in [0.1, 0.15) is 45.6 Å². The van der Waals surface area contributed by atoms with E-state index in [-0.39, 0.29) is 12.8 Å². The topological polar surface area (TPSA) is 56.8 Å². The molecule has 0 N–H and O–H groups in total. The molecule has 0 aliphatic heterocycles. The summed E-state index contributed by atoms with van der Waals surface area (Å²) in [7, 11) is 0. The van der Waals surface area contributed by atoms with Gasteiger partial charge in [0.05, 0.1) is 25.0 Å². The Balaban J connectivity index is 1.89. The molecule has 0 saturated heterocycles. The zero-order valence-corrected chi connectivity index (χ0v) is 22.0. The Morgan fingerprint density at radius 3 is 1.37 bits per heavy atom. The summed E-state index contributed by atoms with van der Waals surface area (Å²) < 4.78 is 8.84. The SMILES string of the molecule is N#CCc1cc(Br)ccc1C(OC(c1ccccc1)c1ccc(Br)cc1CC#N)c1ccccc1. The van der Waals surface area contributed by atoms with Gasteiger partial charge in [-0.2, -0.15) is 10.5 Å². The second-order valence-corrected chi connectivity index (χ2v) is 9.90. The van der Waals surface area contributed by atoms with Crippen LogP contribution in [-0.2, 0) is 17.6 Å². The minimum absolute atomic E-state index is 0.273. The number of nitriles is 2. The number of rotatable bonds is 8. The van der Waals surface area contributed by atoms with Crippen molar-refractivity contribution in [2.24, 2.45) is 0 Å². The summed E-state index contributed by atoms with van der Waals surface area (Å²) in [5.41, 5.74) is 5.70. The number of hydrogen-bond acceptors (Lipinski definition) is 3. The van der Waals surface area contributed by atoms with E-state index >= 15 is 0 Å². The summed E-state index contributed by atoms with van der Waals surface area (Å²) in [6.07, 6.45) is -0.293. The van der Waals surface area contributed by atoms with Gasteiger partial charge in [0.15, 0.2) is 0 Å². The standard InChI is InChI=1S/C30H22Br2N2O/c31-25-11-13-27(23(19-25)15-17-33)29(21-7-3-1-4-8-21)35-30(22-9-5-2-6-10-22)28-14-12-26(32)20-24(28)16-18-34/h1-14,19-20,29-30H,15-16H2. The second kappa shape index (κ2) is 12.0.